The van der Waals surface area contributed by atoms with Gasteiger partial charge in [0.25, 0.3) is 11.7 Å². The smallest absolute Gasteiger partial charge is 0.424 e. The van der Waals surface area contributed by atoms with E-state index < -0.39 is 35.8 Å². The highest BCUT2D eigenvalue weighted by Crippen LogP contribution is 2.30. The molecule has 31 heavy (non-hydrogen) atoms. The van der Waals surface area contributed by atoms with E-state index in [-0.39, 0.29) is 22.9 Å². The van der Waals surface area contributed by atoms with Crippen LogP contribution in [0.2, 0.25) is 0 Å². The van der Waals surface area contributed by atoms with Crippen molar-refractivity contribution in [3.05, 3.63) is 45.8 Å². The van der Waals surface area contributed by atoms with E-state index in [9.17, 15) is 27.6 Å². The number of hydrazine groups is 1. The van der Waals surface area contributed by atoms with Crippen molar-refractivity contribution < 1.29 is 32.3 Å². The van der Waals surface area contributed by atoms with Gasteiger partial charge < -0.3 is 4.74 Å². The number of ketones is 1. The van der Waals surface area contributed by atoms with Gasteiger partial charge in [-0.15, -0.1) is 11.3 Å². The van der Waals surface area contributed by atoms with E-state index in [4.69, 9.17) is 4.74 Å². The Morgan fingerprint density at radius 2 is 2.03 bits per heavy atom. The Morgan fingerprint density at radius 1 is 1.26 bits per heavy atom. The highest BCUT2D eigenvalue weighted by Gasteiger charge is 2.34. The number of hydrogen-bond donors (Lipinski definition) is 2. The summed E-state index contributed by atoms with van der Waals surface area (Å²) in [6.07, 6.45) is -4.90. The molecule has 0 aromatic carbocycles. The molecule has 1 aliphatic heterocycles. The molecule has 12 heteroatoms. The summed E-state index contributed by atoms with van der Waals surface area (Å²) in [7, 11) is 0. The second-order valence-electron chi connectivity index (χ2n) is 6.79. The standard InChI is InChI=1S/C19H19F3N4O4S/c1-11-9-12(19(20,21)22)10-14(23-11)24-25-18(29)30-15-6-2-3-7-26(15)17(28)16(27)13-5-4-8-31-13/h4-5,8-10,15H,2-3,6-7H2,1H3,(H,23,24)(H,25,29). The van der Waals surface area contributed by atoms with Crippen molar-refractivity contribution in [1.29, 1.82) is 0 Å². The lowest BCUT2D eigenvalue weighted by Gasteiger charge is -2.34. The summed E-state index contributed by atoms with van der Waals surface area (Å²) in [5.41, 5.74) is 3.56. The van der Waals surface area contributed by atoms with Crippen LogP contribution >= 0.6 is 11.3 Å². The first kappa shape index (κ1) is 22.5. The molecule has 0 aliphatic carbocycles. The number of anilines is 1. The molecule has 2 aromatic rings. The topological polar surface area (TPSA) is 101 Å². The molecule has 1 unspecified atom stereocenters. The van der Waals surface area contributed by atoms with Crippen molar-refractivity contribution in [3.63, 3.8) is 0 Å². The SMILES string of the molecule is Cc1cc(C(F)(F)F)cc(NNC(=O)OC2CCCCN2C(=O)C(=O)c2cccs2)n1. The fraction of sp³-hybridized carbons (Fsp3) is 0.368. The molecular weight excluding hydrogens is 437 g/mol. The number of hydrogen-bond acceptors (Lipinski definition) is 7. The van der Waals surface area contributed by atoms with Gasteiger partial charge in [0, 0.05) is 18.7 Å². The molecule has 0 radical (unpaired) electrons. The first-order chi connectivity index (χ1) is 14.6. The lowest BCUT2D eigenvalue weighted by atomic mass is 10.1. The lowest BCUT2D eigenvalue weighted by molar-refractivity contribution is -0.139. The number of rotatable bonds is 5. The van der Waals surface area contributed by atoms with Crippen LogP contribution in [-0.2, 0) is 15.7 Å². The maximum absolute atomic E-state index is 12.9. The van der Waals surface area contributed by atoms with Crippen LogP contribution in [-0.4, -0.2) is 40.4 Å². The molecule has 2 aromatic heterocycles. The molecule has 2 amide bonds. The number of likely N-dealkylation sites (tertiary alicyclic amines) is 1. The summed E-state index contributed by atoms with van der Waals surface area (Å²) < 4.78 is 44.0. The maximum Gasteiger partial charge on any atom is 0.427 e. The van der Waals surface area contributed by atoms with Crippen molar-refractivity contribution in [3.8, 4) is 0 Å². The first-order valence-electron chi connectivity index (χ1n) is 9.32. The number of aryl methyl sites for hydroxylation is 1. The largest absolute Gasteiger partial charge is 0.427 e. The number of halogens is 3. The van der Waals surface area contributed by atoms with Crippen LogP contribution < -0.4 is 10.9 Å². The minimum Gasteiger partial charge on any atom is -0.424 e. The van der Waals surface area contributed by atoms with E-state index in [1.54, 1.807) is 11.4 Å². The van der Waals surface area contributed by atoms with Crippen LogP contribution in [0.25, 0.3) is 0 Å². The number of pyridine rings is 1. The summed E-state index contributed by atoms with van der Waals surface area (Å²) in [5, 5.41) is 1.67. The normalized spacial score (nSPS) is 16.5. The number of thiophene rings is 1. The van der Waals surface area contributed by atoms with Gasteiger partial charge in [-0.25, -0.2) is 15.2 Å². The number of nitrogens with one attached hydrogen (secondary N) is 2. The summed E-state index contributed by atoms with van der Waals surface area (Å²) in [6, 6.07) is 4.80. The quantitative estimate of drug-likeness (QED) is 0.404. The van der Waals surface area contributed by atoms with E-state index in [1.165, 1.54) is 17.9 Å². The fourth-order valence-electron chi connectivity index (χ4n) is 3.06. The Hall–Kier alpha value is -3.15. The summed E-state index contributed by atoms with van der Waals surface area (Å²) in [5.74, 6) is -1.69. The monoisotopic (exact) mass is 456 g/mol. The van der Waals surface area contributed by atoms with Crippen LogP contribution in [0, 0.1) is 6.92 Å². The molecule has 2 N–H and O–H groups in total. The number of amides is 2. The molecule has 0 bridgehead atoms. The van der Waals surface area contributed by atoms with E-state index in [1.807, 2.05) is 0 Å². The van der Waals surface area contributed by atoms with Gasteiger partial charge in [-0.1, -0.05) is 6.07 Å². The second-order valence-corrected chi connectivity index (χ2v) is 7.74. The number of nitrogens with zero attached hydrogens (tertiary/aromatic N) is 2. The average Bonchev–Trinajstić information content (AvgIpc) is 3.25. The maximum atomic E-state index is 12.9. The first-order valence-corrected chi connectivity index (χ1v) is 10.2. The average molecular weight is 456 g/mol. The van der Waals surface area contributed by atoms with Crippen LogP contribution in [0.4, 0.5) is 23.8 Å². The molecular formula is C19H19F3N4O4S. The Balaban J connectivity index is 1.62. The summed E-state index contributed by atoms with van der Waals surface area (Å²) >= 11 is 1.13. The third-order valence-corrected chi connectivity index (χ3v) is 5.33. The van der Waals surface area contributed by atoms with E-state index in [2.05, 4.69) is 15.8 Å². The number of aromatic nitrogens is 1. The Labute approximate surface area is 179 Å². The zero-order valence-electron chi connectivity index (χ0n) is 16.4. The molecule has 0 spiro atoms. The second kappa shape index (κ2) is 9.33. The molecule has 3 rings (SSSR count). The molecule has 1 aliphatic rings. The minimum absolute atomic E-state index is 0.101. The lowest BCUT2D eigenvalue weighted by Crippen LogP contribution is -2.50. The molecule has 1 fully saturated rings. The van der Waals surface area contributed by atoms with Gasteiger partial charge in [0.2, 0.25) is 0 Å². The highest BCUT2D eigenvalue weighted by molar-refractivity contribution is 7.13. The minimum atomic E-state index is -4.57. The van der Waals surface area contributed by atoms with Crippen molar-refractivity contribution in [2.24, 2.45) is 0 Å². The van der Waals surface area contributed by atoms with Crippen molar-refractivity contribution in [1.82, 2.24) is 15.3 Å². The number of alkyl halides is 3. The van der Waals surface area contributed by atoms with Gasteiger partial charge in [-0.3, -0.25) is 19.9 Å². The van der Waals surface area contributed by atoms with Crippen molar-refractivity contribution >= 4 is 34.9 Å². The predicted octanol–water partition coefficient (Wildman–Crippen LogP) is 3.74. The molecule has 1 saturated heterocycles. The van der Waals surface area contributed by atoms with Crippen LogP contribution in [0.1, 0.15) is 40.2 Å². The highest BCUT2D eigenvalue weighted by atomic mass is 32.1. The zero-order chi connectivity index (χ0) is 22.6. The van der Waals surface area contributed by atoms with Gasteiger partial charge in [0.15, 0.2) is 6.23 Å². The molecule has 3 heterocycles. The van der Waals surface area contributed by atoms with Gasteiger partial charge in [-0.2, -0.15) is 13.2 Å². The fourth-order valence-corrected chi connectivity index (χ4v) is 3.72. The number of carbonyl (C=O) groups excluding carboxylic acids is 3. The van der Waals surface area contributed by atoms with E-state index in [0.29, 0.717) is 19.3 Å². The Kier molecular flexibility index (Phi) is 6.78. The Morgan fingerprint density at radius 3 is 2.71 bits per heavy atom. The zero-order valence-corrected chi connectivity index (χ0v) is 17.2. The third kappa shape index (κ3) is 5.72. The van der Waals surface area contributed by atoms with Crippen LogP contribution in [0.5, 0.6) is 0 Å². The van der Waals surface area contributed by atoms with Gasteiger partial charge >= 0.3 is 12.3 Å². The number of ether oxygens (including phenoxy) is 1. The summed E-state index contributed by atoms with van der Waals surface area (Å²) in [6.45, 7) is 1.63. The van der Waals surface area contributed by atoms with Crippen molar-refractivity contribution in [2.75, 3.05) is 12.0 Å². The van der Waals surface area contributed by atoms with Gasteiger partial charge in [0.05, 0.1) is 10.4 Å². The molecule has 0 saturated carbocycles. The Bertz CT molecular complexity index is 966. The predicted molar refractivity (Wildman–Crippen MR) is 105 cm³/mol. The van der Waals surface area contributed by atoms with Crippen LogP contribution in [0.15, 0.2) is 29.6 Å². The third-order valence-electron chi connectivity index (χ3n) is 4.46. The number of Topliss-reactive ketones (excluding diaryl/α,β-unsaturated/α-hetero) is 1. The number of carbonyl (C=O) groups is 3. The van der Waals surface area contributed by atoms with E-state index >= 15 is 0 Å². The molecule has 8 nitrogen and oxygen atoms in total. The van der Waals surface area contributed by atoms with Crippen LogP contribution in [0.3, 0.4) is 0 Å². The summed E-state index contributed by atoms with van der Waals surface area (Å²) in [4.78, 5) is 42.4. The van der Waals surface area contributed by atoms with E-state index in [0.717, 1.165) is 23.5 Å². The molecule has 1 atom stereocenters. The van der Waals surface area contributed by atoms with Gasteiger partial charge in [0.1, 0.15) is 5.82 Å². The number of piperidine rings is 1. The van der Waals surface area contributed by atoms with Crippen molar-refractivity contribution in [2.45, 2.75) is 38.6 Å². The molecule has 166 valence electrons. The van der Waals surface area contributed by atoms with Gasteiger partial charge in [-0.05, 0) is 43.3 Å².